The molecule has 0 radical (unpaired) electrons. The van der Waals surface area contributed by atoms with Gasteiger partial charge in [-0.3, -0.25) is 4.79 Å². The molecule has 1 rings (SSSR count). The Morgan fingerprint density at radius 2 is 2.10 bits per heavy atom. The normalized spacial score (nSPS) is 11.8. The summed E-state index contributed by atoms with van der Waals surface area (Å²) in [7, 11) is 3.22. The molecule has 112 valence electrons. The lowest BCUT2D eigenvalue weighted by Gasteiger charge is -2.17. The van der Waals surface area contributed by atoms with Crippen LogP contribution in [0.1, 0.15) is 18.9 Å². The van der Waals surface area contributed by atoms with Gasteiger partial charge in [0.1, 0.15) is 11.5 Å². The van der Waals surface area contributed by atoms with Crippen molar-refractivity contribution in [3.63, 3.8) is 0 Å². The molecule has 1 aromatic carbocycles. The van der Waals surface area contributed by atoms with E-state index in [4.69, 9.17) is 15.2 Å². The molecule has 1 aromatic rings. The monoisotopic (exact) mass is 280 g/mol. The Bertz CT molecular complexity index is 435. The summed E-state index contributed by atoms with van der Waals surface area (Å²) in [6, 6.07) is 5.55. The second-order valence-electron chi connectivity index (χ2n) is 4.61. The van der Waals surface area contributed by atoms with E-state index < -0.39 is 0 Å². The van der Waals surface area contributed by atoms with E-state index in [2.05, 4.69) is 5.32 Å². The Morgan fingerprint density at radius 3 is 2.65 bits per heavy atom. The second kappa shape index (κ2) is 8.43. The van der Waals surface area contributed by atoms with E-state index in [0.29, 0.717) is 19.5 Å². The van der Waals surface area contributed by atoms with Crippen LogP contribution in [0.5, 0.6) is 11.5 Å². The number of benzene rings is 1. The van der Waals surface area contributed by atoms with Gasteiger partial charge in [0.15, 0.2) is 0 Å². The molecule has 0 aromatic heterocycles. The Labute approximate surface area is 120 Å². The molecule has 0 saturated heterocycles. The standard InChI is InChI=1S/C15H24N2O3/c1-4-7-17-15(18)12(10-16)8-11-9-13(19-2)5-6-14(11)20-3/h5-6,9,12H,4,7-8,10,16H2,1-3H3,(H,17,18). The van der Waals surface area contributed by atoms with Crippen molar-refractivity contribution >= 4 is 5.91 Å². The van der Waals surface area contributed by atoms with Crippen molar-refractivity contribution in [1.82, 2.24) is 5.32 Å². The molecular formula is C15H24N2O3. The molecule has 1 unspecified atom stereocenters. The van der Waals surface area contributed by atoms with Crippen molar-refractivity contribution in [2.45, 2.75) is 19.8 Å². The van der Waals surface area contributed by atoms with Crippen molar-refractivity contribution in [1.29, 1.82) is 0 Å². The van der Waals surface area contributed by atoms with Crippen LogP contribution in [0.3, 0.4) is 0 Å². The van der Waals surface area contributed by atoms with Gasteiger partial charge in [-0.1, -0.05) is 6.92 Å². The summed E-state index contributed by atoms with van der Waals surface area (Å²) in [4.78, 5) is 12.0. The average molecular weight is 280 g/mol. The van der Waals surface area contributed by atoms with Crippen molar-refractivity contribution < 1.29 is 14.3 Å². The van der Waals surface area contributed by atoms with Crippen molar-refractivity contribution in [3.05, 3.63) is 23.8 Å². The smallest absolute Gasteiger partial charge is 0.224 e. The number of hydrogen-bond acceptors (Lipinski definition) is 4. The number of amides is 1. The van der Waals surface area contributed by atoms with Crippen molar-refractivity contribution in [2.75, 3.05) is 27.3 Å². The summed E-state index contributed by atoms with van der Waals surface area (Å²) in [6.07, 6.45) is 1.44. The van der Waals surface area contributed by atoms with Crippen molar-refractivity contribution in [3.8, 4) is 11.5 Å². The largest absolute Gasteiger partial charge is 0.497 e. The molecule has 0 spiro atoms. The predicted octanol–water partition coefficient (Wildman–Crippen LogP) is 1.35. The summed E-state index contributed by atoms with van der Waals surface area (Å²) >= 11 is 0. The van der Waals surface area contributed by atoms with E-state index in [1.54, 1.807) is 14.2 Å². The maximum absolute atomic E-state index is 12.0. The third kappa shape index (κ3) is 4.42. The lowest BCUT2D eigenvalue weighted by atomic mass is 9.97. The van der Waals surface area contributed by atoms with Gasteiger partial charge in [-0.05, 0) is 36.6 Å². The van der Waals surface area contributed by atoms with E-state index >= 15 is 0 Å². The number of nitrogens with one attached hydrogen (secondary N) is 1. The van der Waals surface area contributed by atoms with Crippen LogP contribution < -0.4 is 20.5 Å². The van der Waals surface area contributed by atoms with E-state index in [9.17, 15) is 4.79 Å². The van der Waals surface area contributed by atoms with Gasteiger partial charge in [0.25, 0.3) is 0 Å². The molecular weight excluding hydrogens is 256 g/mol. The molecule has 1 amide bonds. The molecule has 1 atom stereocenters. The van der Waals surface area contributed by atoms with Gasteiger partial charge in [-0.25, -0.2) is 0 Å². The van der Waals surface area contributed by atoms with Gasteiger partial charge in [0.05, 0.1) is 20.1 Å². The Balaban J connectivity index is 2.85. The fourth-order valence-corrected chi connectivity index (χ4v) is 1.98. The molecule has 5 nitrogen and oxygen atoms in total. The van der Waals surface area contributed by atoms with Crippen LogP contribution in [-0.4, -0.2) is 33.2 Å². The van der Waals surface area contributed by atoms with Gasteiger partial charge in [-0.15, -0.1) is 0 Å². The third-order valence-corrected chi connectivity index (χ3v) is 3.16. The molecule has 0 aliphatic heterocycles. The van der Waals surface area contributed by atoms with Crippen LogP contribution in [0.4, 0.5) is 0 Å². The van der Waals surface area contributed by atoms with Gasteiger partial charge < -0.3 is 20.5 Å². The third-order valence-electron chi connectivity index (χ3n) is 3.16. The van der Waals surface area contributed by atoms with Crippen LogP contribution in [0.25, 0.3) is 0 Å². The predicted molar refractivity (Wildman–Crippen MR) is 79.1 cm³/mol. The summed E-state index contributed by atoms with van der Waals surface area (Å²) in [5.41, 5.74) is 6.65. The lowest BCUT2D eigenvalue weighted by Crippen LogP contribution is -2.36. The first kappa shape index (κ1) is 16.3. The summed E-state index contributed by atoms with van der Waals surface area (Å²) in [5.74, 6) is 1.21. The number of ether oxygens (including phenoxy) is 2. The Morgan fingerprint density at radius 1 is 1.35 bits per heavy atom. The van der Waals surface area contributed by atoms with Crippen LogP contribution in [0.15, 0.2) is 18.2 Å². The van der Waals surface area contributed by atoms with Gasteiger partial charge in [-0.2, -0.15) is 0 Å². The SMILES string of the molecule is CCCNC(=O)C(CN)Cc1cc(OC)ccc1OC. The van der Waals surface area contributed by atoms with Gasteiger partial charge in [0.2, 0.25) is 5.91 Å². The molecule has 0 aliphatic carbocycles. The molecule has 0 fully saturated rings. The molecule has 0 bridgehead atoms. The average Bonchev–Trinajstić information content (AvgIpc) is 2.49. The minimum atomic E-state index is -0.262. The quantitative estimate of drug-likeness (QED) is 0.754. The number of hydrogen-bond donors (Lipinski definition) is 2. The van der Waals surface area contributed by atoms with Crippen LogP contribution >= 0.6 is 0 Å². The summed E-state index contributed by atoms with van der Waals surface area (Å²) in [6.45, 7) is 2.99. The van der Waals surface area contributed by atoms with E-state index in [1.807, 2.05) is 25.1 Å². The minimum Gasteiger partial charge on any atom is -0.497 e. The highest BCUT2D eigenvalue weighted by molar-refractivity contribution is 5.79. The zero-order chi connectivity index (χ0) is 15.0. The fraction of sp³-hybridized carbons (Fsp3) is 0.533. The summed E-state index contributed by atoms with van der Waals surface area (Å²) in [5, 5.41) is 2.88. The molecule has 20 heavy (non-hydrogen) atoms. The molecule has 5 heteroatoms. The Hall–Kier alpha value is -1.75. The zero-order valence-electron chi connectivity index (χ0n) is 12.4. The van der Waals surface area contributed by atoms with E-state index in [0.717, 1.165) is 23.5 Å². The first-order chi connectivity index (χ1) is 9.65. The van der Waals surface area contributed by atoms with Crippen LogP contribution in [0, 0.1) is 5.92 Å². The molecule has 3 N–H and O–H groups in total. The fourth-order valence-electron chi connectivity index (χ4n) is 1.98. The first-order valence-electron chi connectivity index (χ1n) is 6.84. The summed E-state index contributed by atoms with van der Waals surface area (Å²) < 4.78 is 10.5. The second-order valence-corrected chi connectivity index (χ2v) is 4.61. The zero-order valence-corrected chi connectivity index (χ0v) is 12.4. The van der Waals surface area contributed by atoms with Gasteiger partial charge in [0, 0.05) is 13.1 Å². The molecule has 0 aliphatic rings. The number of methoxy groups -OCH3 is 2. The topological polar surface area (TPSA) is 73.6 Å². The maximum Gasteiger partial charge on any atom is 0.224 e. The number of rotatable bonds is 8. The molecule has 0 saturated carbocycles. The highest BCUT2D eigenvalue weighted by atomic mass is 16.5. The first-order valence-corrected chi connectivity index (χ1v) is 6.84. The van der Waals surface area contributed by atoms with E-state index in [1.165, 1.54) is 0 Å². The minimum absolute atomic E-state index is 0.0146. The van der Waals surface area contributed by atoms with Gasteiger partial charge >= 0.3 is 0 Å². The van der Waals surface area contributed by atoms with Crippen LogP contribution in [0.2, 0.25) is 0 Å². The number of carbonyl (C=O) groups excluding carboxylic acids is 1. The maximum atomic E-state index is 12.0. The number of nitrogens with two attached hydrogens (primary N) is 1. The van der Waals surface area contributed by atoms with Crippen molar-refractivity contribution in [2.24, 2.45) is 11.7 Å². The molecule has 0 heterocycles. The lowest BCUT2D eigenvalue weighted by molar-refractivity contribution is -0.124. The highest BCUT2D eigenvalue weighted by Gasteiger charge is 2.19. The van der Waals surface area contributed by atoms with E-state index in [-0.39, 0.29) is 11.8 Å². The highest BCUT2D eigenvalue weighted by Crippen LogP contribution is 2.26. The number of carbonyl (C=O) groups is 1. The van der Waals surface area contributed by atoms with Crippen LogP contribution in [-0.2, 0) is 11.2 Å². The Kier molecular flexibility index (Phi) is 6.87.